The average molecular weight is 321 g/mol. The minimum Gasteiger partial charge on any atom is -0.397 e. The Morgan fingerprint density at radius 3 is 2.61 bits per heavy atom. The Balaban J connectivity index is 0.000000816. The van der Waals surface area contributed by atoms with Crippen molar-refractivity contribution in [2.24, 2.45) is 0 Å². The van der Waals surface area contributed by atoms with Crippen LogP contribution in [0, 0.1) is 12.7 Å². The van der Waals surface area contributed by atoms with Gasteiger partial charge in [-0.3, -0.25) is 4.79 Å². The summed E-state index contributed by atoms with van der Waals surface area (Å²) in [6.07, 6.45) is 1.31. The van der Waals surface area contributed by atoms with Crippen LogP contribution in [0.1, 0.15) is 22.8 Å². The summed E-state index contributed by atoms with van der Waals surface area (Å²) in [7, 11) is 1.49. The van der Waals surface area contributed by atoms with Crippen LogP contribution in [0.15, 0.2) is 24.4 Å². The number of carbonyl (C=O) groups excluding carboxylic acids is 1. The Labute approximate surface area is 133 Å². The monoisotopic (exact) mass is 321 g/mol. The molecule has 23 heavy (non-hydrogen) atoms. The fourth-order valence-corrected chi connectivity index (χ4v) is 1.56. The molecule has 0 radical (unpaired) electrons. The molecular weight excluding hydrogens is 301 g/mol. The minimum atomic E-state index is -0.365. The largest absolute Gasteiger partial charge is 0.397 e. The van der Waals surface area contributed by atoms with Crippen LogP contribution in [0.4, 0.5) is 21.8 Å². The van der Waals surface area contributed by atoms with Gasteiger partial charge in [0, 0.05) is 25.5 Å². The van der Waals surface area contributed by atoms with Gasteiger partial charge in [-0.25, -0.2) is 9.37 Å². The third-order valence-corrected chi connectivity index (χ3v) is 2.72. The first-order valence-corrected chi connectivity index (χ1v) is 6.91. The van der Waals surface area contributed by atoms with E-state index in [9.17, 15) is 9.18 Å². The lowest BCUT2D eigenvalue weighted by atomic mass is 10.2. The fourth-order valence-electron chi connectivity index (χ4n) is 1.56. The van der Waals surface area contributed by atoms with E-state index in [1.165, 1.54) is 19.3 Å². The number of rotatable bonds is 3. The molecule has 1 aromatic heterocycles. The minimum absolute atomic E-state index is 0.0504. The first-order chi connectivity index (χ1) is 10.9. The predicted molar refractivity (Wildman–Crippen MR) is 87.0 cm³/mol. The van der Waals surface area contributed by atoms with Crippen molar-refractivity contribution in [1.82, 2.24) is 15.3 Å². The Morgan fingerprint density at radius 1 is 1.43 bits per heavy atom. The molecule has 1 heterocycles. The van der Waals surface area contributed by atoms with Gasteiger partial charge in [-0.1, -0.05) is 6.07 Å². The molecule has 0 saturated carbocycles. The Morgan fingerprint density at radius 2 is 2.09 bits per heavy atom. The molecule has 0 spiro atoms. The van der Waals surface area contributed by atoms with E-state index in [1.807, 2.05) is 0 Å². The normalized spacial score (nSPS) is 9.61. The van der Waals surface area contributed by atoms with Gasteiger partial charge in [0.15, 0.2) is 0 Å². The zero-order chi connectivity index (χ0) is 17.4. The molecule has 1 amide bonds. The molecule has 0 aliphatic heterocycles. The Kier molecular flexibility index (Phi) is 6.88. The summed E-state index contributed by atoms with van der Waals surface area (Å²) < 4.78 is 13.4. The van der Waals surface area contributed by atoms with Crippen LogP contribution in [0.5, 0.6) is 0 Å². The van der Waals surface area contributed by atoms with E-state index in [0.29, 0.717) is 11.3 Å². The van der Waals surface area contributed by atoms with Crippen LogP contribution < -0.4 is 16.4 Å². The molecule has 5 N–H and O–H groups in total. The molecule has 2 rings (SSSR count). The summed E-state index contributed by atoms with van der Waals surface area (Å²) in [5.41, 5.74) is 6.91. The highest BCUT2D eigenvalue weighted by molar-refractivity contribution is 5.97. The van der Waals surface area contributed by atoms with Gasteiger partial charge in [0.25, 0.3) is 5.91 Å². The van der Waals surface area contributed by atoms with Gasteiger partial charge in [-0.05, 0) is 31.5 Å². The summed E-state index contributed by atoms with van der Waals surface area (Å²) in [4.78, 5) is 19.4. The average Bonchev–Trinajstić information content (AvgIpc) is 2.51. The zero-order valence-electron chi connectivity index (χ0n) is 13.2. The van der Waals surface area contributed by atoms with Crippen LogP contribution in [-0.4, -0.2) is 34.6 Å². The van der Waals surface area contributed by atoms with E-state index in [0.717, 1.165) is 0 Å². The molecule has 0 saturated heterocycles. The third kappa shape index (κ3) is 5.19. The maximum absolute atomic E-state index is 13.4. The SMILES string of the molecule is CCO.CNC(=O)c1cnc(Nc2ccc(C)c(F)c2)nc1N. The number of aliphatic hydroxyl groups is 1. The Bertz CT molecular complexity index is 679. The molecule has 124 valence electrons. The Hall–Kier alpha value is -2.74. The number of halogens is 1. The van der Waals surface area contributed by atoms with Crippen LogP contribution in [-0.2, 0) is 0 Å². The van der Waals surface area contributed by atoms with E-state index in [4.69, 9.17) is 10.8 Å². The topological polar surface area (TPSA) is 113 Å². The second-order valence-electron chi connectivity index (χ2n) is 4.48. The lowest BCUT2D eigenvalue weighted by Crippen LogP contribution is -2.20. The van der Waals surface area contributed by atoms with Crippen LogP contribution in [0.3, 0.4) is 0 Å². The molecule has 8 heteroatoms. The van der Waals surface area contributed by atoms with Crippen molar-refractivity contribution in [2.75, 3.05) is 24.7 Å². The highest BCUT2D eigenvalue weighted by atomic mass is 19.1. The highest BCUT2D eigenvalue weighted by Gasteiger charge is 2.11. The van der Waals surface area contributed by atoms with Crippen LogP contribution >= 0.6 is 0 Å². The lowest BCUT2D eigenvalue weighted by molar-refractivity contribution is 0.0963. The predicted octanol–water partition coefficient (Wildman–Crippen LogP) is 1.61. The summed E-state index contributed by atoms with van der Waals surface area (Å²) in [5.74, 6) is -0.451. The van der Waals surface area contributed by atoms with Gasteiger partial charge >= 0.3 is 0 Å². The molecule has 0 unspecified atom stereocenters. The quantitative estimate of drug-likeness (QED) is 0.683. The molecule has 0 atom stereocenters. The number of nitrogens with zero attached hydrogens (tertiary/aromatic N) is 2. The molecule has 7 nitrogen and oxygen atoms in total. The number of nitrogens with two attached hydrogens (primary N) is 1. The second-order valence-corrected chi connectivity index (χ2v) is 4.48. The zero-order valence-corrected chi connectivity index (χ0v) is 13.2. The van der Waals surface area contributed by atoms with Crippen molar-refractivity contribution < 1.29 is 14.3 Å². The van der Waals surface area contributed by atoms with Gasteiger partial charge in [0.2, 0.25) is 5.95 Å². The van der Waals surface area contributed by atoms with Gasteiger partial charge in [0.1, 0.15) is 11.6 Å². The van der Waals surface area contributed by atoms with E-state index in [-0.39, 0.29) is 35.7 Å². The van der Waals surface area contributed by atoms with E-state index in [1.54, 1.807) is 26.0 Å². The standard InChI is InChI=1S/C13H14FN5O.C2H6O/c1-7-3-4-8(5-10(7)14)18-13-17-6-9(11(15)19-13)12(20)16-2;1-2-3/h3-6H,1-2H3,(H,16,20)(H3,15,17,18,19);3H,2H2,1H3. The van der Waals surface area contributed by atoms with Crippen LogP contribution in [0.25, 0.3) is 0 Å². The number of nitrogens with one attached hydrogen (secondary N) is 2. The molecule has 0 bridgehead atoms. The van der Waals surface area contributed by atoms with E-state index < -0.39 is 0 Å². The maximum atomic E-state index is 13.4. The summed E-state index contributed by atoms with van der Waals surface area (Å²) in [6, 6.07) is 4.67. The van der Waals surface area contributed by atoms with E-state index in [2.05, 4.69) is 20.6 Å². The lowest BCUT2D eigenvalue weighted by Gasteiger charge is -2.08. The number of hydrogen-bond donors (Lipinski definition) is 4. The number of hydrogen-bond acceptors (Lipinski definition) is 6. The number of aromatic nitrogens is 2. The number of anilines is 3. The number of carbonyl (C=O) groups is 1. The maximum Gasteiger partial charge on any atom is 0.256 e. The molecule has 2 aromatic rings. The van der Waals surface area contributed by atoms with Gasteiger partial charge in [-0.15, -0.1) is 0 Å². The van der Waals surface area contributed by atoms with Crippen molar-refractivity contribution in [1.29, 1.82) is 0 Å². The first kappa shape index (κ1) is 18.3. The van der Waals surface area contributed by atoms with Crippen molar-refractivity contribution in [3.05, 3.63) is 41.3 Å². The van der Waals surface area contributed by atoms with Crippen molar-refractivity contribution in [3.63, 3.8) is 0 Å². The smallest absolute Gasteiger partial charge is 0.256 e. The second kappa shape index (κ2) is 8.64. The molecule has 1 aromatic carbocycles. The summed E-state index contributed by atoms with van der Waals surface area (Å²) in [5, 5.41) is 12.8. The number of amides is 1. The van der Waals surface area contributed by atoms with Crippen LogP contribution in [0.2, 0.25) is 0 Å². The van der Waals surface area contributed by atoms with E-state index >= 15 is 0 Å². The number of aliphatic hydroxyl groups excluding tert-OH is 1. The van der Waals surface area contributed by atoms with Gasteiger partial charge in [0.05, 0.1) is 5.56 Å². The first-order valence-electron chi connectivity index (χ1n) is 6.91. The third-order valence-electron chi connectivity index (χ3n) is 2.72. The number of benzene rings is 1. The van der Waals surface area contributed by atoms with Gasteiger partial charge < -0.3 is 21.5 Å². The highest BCUT2D eigenvalue weighted by Crippen LogP contribution is 2.18. The summed E-state index contributed by atoms with van der Waals surface area (Å²) in [6.45, 7) is 3.60. The molecule has 0 aliphatic carbocycles. The van der Waals surface area contributed by atoms with Crippen molar-refractivity contribution in [2.45, 2.75) is 13.8 Å². The van der Waals surface area contributed by atoms with Gasteiger partial charge in [-0.2, -0.15) is 4.98 Å². The molecule has 0 fully saturated rings. The number of nitrogen functional groups attached to an aromatic ring is 1. The fraction of sp³-hybridized carbons (Fsp3) is 0.267. The molecular formula is C15H20FN5O2. The van der Waals surface area contributed by atoms with Crippen molar-refractivity contribution >= 4 is 23.4 Å². The summed E-state index contributed by atoms with van der Waals surface area (Å²) >= 11 is 0. The van der Waals surface area contributed by atoms with Crippen molar-refractivity contribution in [3.8, 4) is 0 Å². The number of aryl methyl sites for hydroxylation is 1. The molecule has 0 aliphatic rings.